The number of nitrogens with zero attached hydrogens (tertiary/aromatic N) is 1. The van der Waals surface area contributed by atoms with Crippen molar-refractivity contribution in [2.45, 2.75) is 38.3 Å². The molecule has 0 spiro atoms. The van der Waals surface area contributed by atoms with Gasteiger partial charge in [-0.25, -0.2) is 4.98 Å². The van der Waals surface area contributed by atoms with Crippen LogP contribution in [0.1, 0.15) is 46.8 Å². The summed E-state index contributed by atoms with van der Waals surface area (Å²) < 4.78 is 5.51. The number of ether oxygens (including phenoxy) is 1. The lowest BCUT2D eigenvalue weighted by Crippen LogP contribution is -2.34. The topological polar surface area (TPSA) is 71.5 Å². The average Bonchev–Trinajstić information content (AvgIpc) is 3.08. The van der Waals surface area contributed by atoms with E-state index in [4.69, 9.17) is 4.74 Å². The molecular weight excluding hydrogens is 312 g/mol. The first kappa shape index (κ1) is 16.0. The molecule has 5 nitrogen and oxygen atoms in total. The minimum Gasteiger partial charge on any atom is -0.492 e. The second kappa shape index (κ2) is 7.10. The van der Waals surface area contributed by atoms with Crippen LogP contribution in [0.5, 0.6) is 5.75 Å². The molecule has 2 aromatic heterocycles. The highest BCUT2D eigenvalue weighted by atomic mass is 32.1. The minimum atomic E-state index is -0.560. The summed E-state index contributed by atoms with van der Waals surface area (Å²) in [4.78, 5) is 17.4. The van der Waals surface area contributed by atoms with Gasteiger partial charge in [-0.15, -0.1) is 11.3 Å². The molecule has 0 saturated carbocycles. The Labute approximate surface area is 139 Å². The number of amides is 1. The maximum atomic E-state index is 12.3. The third-order valence-corrected chi connectivity index (χ3v) is 4.83. The number of aryl methyl sites for hydroxylation is 1. The van der Waals surface area contributed by atoms with E-state index in [-0.39, 0.29) is 11.9 Å². The zero-order chi connectivity index (χ0) is 16.2. The fourth-order valence-corrected chi connectivity index (χ4v) is 3.39. The van der Waals surface area contributed by atoms with Gasteiger partial charge in [0.15, 0.2) is 0 Å². The van der Waals surface area contributed by atoms with Crippen LogP contribution in [-0.2, 0) is 6.42 Å². The molecule has 0 bridgehead atoms. The van der Waals surface area contributed by atoms with Gasteiger partial charge in [-0.3, -0.25) is 4.79 Å². The minimum absolute atomic E-state index is 0.145. The molecule has 0 aromatic carbocycles. The van der Waals surface area contributed by atoms with Crippen LogP contribution in [0.2, 0.25) is 0 Å². The third kappa shape index (κ3) is 3.89. The summed E-state index contributed by atoms with van der Waals surface area (Å²) in [5.41, 5.74) is 1.43. The Balaban J connectivity index is 1.60. The number of fused-ring (bicyclic) bond motifs is 1. The second-order valence-electron chi connectivity index (χ2n) is 5.77. The molecule has 1 amide bonds. The zero-order valence-electron chi connectivity index (χ0n) is 13.0. The van der Waals surface area contributed by atoms with Gasteiger partial charge in [0.2, 0.25) is 0 Å². The summed E-state index contributed by atoms with van der Waals surface area (Å²) in [5.74, 6) is 0.554. The van der Waals surface area contributed by atoms with Crippen LogP contribution in [0.3, 0.4) is 0 Å². The van der Waals surface area contributed by atoms with Crippen molar-refractivity contribution in [2.75, 3.05) is 6.61 Å². The van der Waals surface area contributed by atoms with Gasteiger partial charge in [0.25, 0.3) is 5.91 Å². The van der Waals surface area contributed by atoms with Gasteiger partial charge < -0.3 is 15.2 Å². The van der Waals surface area contributed by atoms with Crippen molar-refractivity contribution in [3.63, 3.8) is 0 Å². The Hall–Kier alpha value is -1.92. The van der Waals surface area contributed by atoms with Gasteiger partial charge >= 0.3 is 0 Å². The molecule has 3 rings (SSSR count). The molecule has 0 fully saturated rings. The number of hydrogen-bond donors (Lipinski definition) is 2. The van der Waals surface area contributed by atoms with Gasteiger partial charge in [-0.1, -0.05) is 6.07 Å². The van der Waals surface area contributed by atoms with Crippen molar-refractivity contribution in [1.82, 2.24) is 10.3 Å². The molecule has 2 atom stereocenters. The van der Waals surface area contributed by atoms with Gasteiger partial charge in [0, 0.05) is 10.9 Å². The molecular formula is C17H20N2O3S. The largest absolute Gasteiger partial charge is 0.492 e. The number of aliphatic hydroxyl groups is 1. The lowest BCUT2D eigenvalue weighted by atomic mass is 10.1. The van der Waals surface area contributed by atoms with Crippen molar-refractivity contribution < 1.29 is 14.6 Å². The number of aromatic nitrogens is 1. The molecule has 0 radical (unpaired) electrons. The molecule has 2 N–H and O–H groups in total. The monoisotopic (exact) mass is 332 g/mol. The van der Waals surface area contributed by atoms with Crippen LogP contribution in [-0.4, -0.2) is 28.6 Å². The summed E-state index contributed by atoms with van der Waals surface area (Å²) in [6.07, 6.45) is 3.40. The molecule has 0 unspecified atom stereocenters. The summed E-state index contributed by atoms with van der Waals surface area (Å²) >= 11 is 1.51. The molecule has 2 aromatic rings. The maximum absolute atomic E-state index is 12.3. The van der Waals surface area contributed by atoms with E-state index < -0.39 is 6.10 Å². The number of aliphatic hydroxyl groups excluding tert-OH is 1. The van der Waals surface area contributed by atoms with E-state index in [0.717, 1.165) is 29.0 Å². The molecule has 6 heteroatoms. The molecule has 1 aliphatic rings. The van der Waals surface area contributed by atoms with Gasteiger partial charge in [-0.05, 0) is 49.3 Å². The number of rotatable bonds is 5. The van der Waals surface area contributed by atoms with Gasteiger partial charge in [0.05, 0.1) is 18.9 Å². The van der Waals surface area contributed by atoms with Crippen LogP contribution in [0, 0.1) is 0 Å². The van der Waals surface area contributed by atoms with E-state index >= 15 is 0 Å². The molecule has 0 aliphatic carbocycles. The predicted octanol–water partition coefficient (Wildman–Crippen LogP) is 2.71. The Morgan fingerprint density at radius 1 is 1.57 bits per heavy atom. The normalized spacial score (nSPS) is 16.1. The maximum Gasteiger partial charge on any atom is 0.270 e. The van der Waals surface area contributed by atoms with E-state index in [2.05, 4.69) is 10.3 Å². The van der Waals surface area contributed by atoms with E-state index in [9.17, 15) is 9.90 Å². The van der Waals surface area contributed by atoms with Crippen molar-refractivity contribution in [2.24, 2.45) is 0 Å². The van der Waals surface area contributed by atoms with Crippen molar-refractivity contribution >= 4 is 17.2 Å². The highest BCUT2D eigenvalue weighted by Gasteiger charge is 2.18. The lowest BCUT2D eigenvalue weighted by molar-refractivity contribution is 0.0913. The summed E-state index contributed by atoms with van der Waals surface area (Å²) in [7, 11) is 0. The van der Waals surface area contributed by atoms with Crippen molar-refractivity contribution in [3.8, 4) is 5.75 Å². The molecule has 0 saturated heterocycles. The first-order valence-corrected chi connectivity index (χ1v) is 8.65. The molecule has 122 valence electrons. The van der Waals surface area contributed by atoms with Crippen LogP contribution >= 0.6 is 11.3 Å². The zero-order valence-corrected chi connectivity index (χ0v) is 13.8. The fraction of sp³-hybridized carbons (Fsp3) is 0.412. The SMILES string of the molecule is C[C@H](C[C@H](O)c1cccs1)NC(=O)c1cc2c(cn1)OCCC2. The summed E-state index contributed by atoms with van der Waals surface area (Å²) in [6, 6.07) is 5.46. The van der Waals surface area contributed by atoms with Gasteiger partial charge in [0.1, 0.15) is 11.4 Å². The predicted molar refractivity (Wildman–Crippen MR) is 88.9 cm³/mol. The van der Waals surface area contributed by atoms with Crippen molar-refractivity contribution in [3.05, 3.63) is 45.9 Å². The highest BCUT2D eigenvalue weighted by Crippen LogP contribution is 2.25. The summed E-state index contributed by atoms with van der Waals surface area (Å²) in [6.45, 7) is 2.59. The third-order valence-electron chi connectivity index (χ3n) is 3.85. The number of thiophene rings is 1. The Morgan fingerprint density at radius 2 is 2.43 bits per heavy atom. The molecule has 1 aliphatic heterocycles. The summed E-state index contributed by atoms with van der Waals surface area (Å²) in [5, 5.41) is 15.0. The van der Waals surface area contributed by atoms with E-state index in [0.29, 0.717) is 18.7 Å². The van der Waals surface area contributed by atoms with E-state index in [1.54, 1.807) is 12.3 Å². The molecule has 23 heavy (non-hydrogen) atoms. The number of carbonyl (C=O) groups excluding carboxylic acids is 1. The number of hydrogen-bond acceptors (Lipinski definition) is 5. The average molecular weight is 332 g/mol. The number of nitrogens with one attached hydrogen (secondary N) is 1. The Bertz CT molecular complexity index is 672. The van der Waals surface area contributed by atoms with Crippen molar-refractivity contribution in [1.29, 1.82) is 0 Å². The Kier molecular flexibility index (Phi) is 4.93. The van der Waals surface area contributed by atoms with Crippen LogP contribution in [0.25, 0.3) is 0 Å². The first-order chi connectivity index (χ1) is 11.1. The number of pyridine rings is 1. The van der Waals surface area contributed by atoms with E-state index in [1.807, 2.05) is 24.4 Å². The van der Waals surface area contributed by atoms with Crippen LogP contribution in [0.15, 0.2) is 29.8 Å². The van der Waals surface area contributed by atoms with Crippen LogP contribution in [0.4, 0.5) is 0 Å². The highest BCUT2D eigenvalue weighted by molar-refractivity contribution is 7.10. The van der Waals surface area contributed by atoms with Crippen LogP contribution < -0.4 is 10.1 Å². The first-order valence-electron chi connectivity index (χ1n) is 7.77. The quantitative estimate of drug-likeness (QED) is 0.883. The standard InChI is InChI=1S/C17H20N2O3S/c1-11(8-14(20)16-5-3-7-23-16)19-17(21)13-9-12-4-2-6-22-15(12)10-18-13/h3,5,7,9-11,14,20H,2,4,6,8H2,1H3,(H,19,21)/t11-,14+/m1/s1. The fourth-order valence-electron chi connectivity index (χ4n) is 2.67. The molecule has 3 heterocycles. The lowest BCUT2D eigenvalue weighted by Gasteiger charge is -2.19. The second-order valence-corrected chi connectivity index (χ2v) is 6.75. The van der Waals surface area contributed by atoms with Gasteiger partial charge in [-0.2, -0.15) is 0 Å². The smallest absolute Gasteiger partial charge is 0.270 e. The van der Waals surface area contributed by atoms with E-state index in [1.165, 1.54) is 11.3 Å². The number of carbonyl (C=O) groups is 1. The Morgan fingerprint density at radius 3 is 3.22 bits per heavy atom.